The monoisotopic (exact) mass is 249 g/mol. The van der Waals surface area contributed by atoms with Crippen LogP contribution in [0.5, 0.6) is 5.75 Å². The van der Waals surface area contributed by atoms with Gasteiger partial charge in [0.15, 0.2) is 0 Å². The number of aromatic carboxylic acids is 1. The van der Waals surface area contributed by atoms with E-state index in [1.807, 2.05) is 13.0 Å². The minimum atomic E-state index is -0.929. The van der Waals surface area contributed by atoms with Gasteiger partial charge in [0.2, 0.25) is 0 Å². The van der Waals surface area contributed by atoms with E-state index in [0.29, 0.717) is 12.4 Å². The highest BCUT2D eigenvalue weighted by Gasteiger charge is 2.07. The SMILES string of the molecule is Cc1cncc(COc2csc(C(=O)O)c2)c1. The van der Waals surface area contributed by atoms with Crippen molar-refractivity contribution in [3.8, 4) is 5.75 Å². The lowest BCUT2D eigenvalue weighted by Gasteiger charge is -2.03. The number of hydrogen-bond donors (Lipinski definition) is 1. The maximum Gasteiger partial charge on any atom is 0.346 e. The van der Waals surface area contributed by atoms with Crippen LogP contribution in [0.3, 0.4) is 0 Å². The van der Waals surface area contributed by atoms with Crippen LogP contribution in [0.15, 0.2) is 29.9 Å². The minimum absolute atomic E-state index is 0.280. The Hall–Kier alpha value is -1.88. The van der Waals surface area contributed by atoms with Gasteiger partial charge in [0.1, 0.15) is 17.2 Å². The van der Waals surface area contributed by atoms with E-state index < -0.39 is 5.97 Å². The summed E-state index contributed by atoms with van der Waals surface area (Å²) >= 11 is 1.16. The molecule has 0 saturated carbocycles. The van der Waals surface area contributed by atoms with E-state index in [4.69, 9.17) is 9.84 Å². The van der Waals surface area contributed by atoms with E-state index in [1.54, 1.807) is 17.8 Å². The molecule has 0 aliphatic carbocycles. The summed E-state index contributed by atoms with van der Waals surface area (Å²) in [4.78, 5) is 15.0. The van der Waals surface area contributed by atoms with Crippen molar-refractivity contribution in [2.45, 2.75) is 13.5 Å². The first-order valence-corrected chi connectivity index (χ1v) is 5.88. The van der Waals surface area contributed by atoms with Crippen molar-refractivity contribution >= 4 is 17.3 Å². The topological polar surface area (TPSA) is 59.4 Å². The molecule has 1 N–H and O–H groups in total. The fraction of sp³-hybridized carbons (Fsp3) is 0.167. The Bertz CT molecular complexity index is 536. The standard InChI is InChI=1S/C12H11NO3S/c1-8-2-9(5-13-4-8)6-16-10-3-11(12(14)15)17-7-10/h2-5,7H,6H2,1H3,(H,14,15). The Labute approximate surface area is 103 Å². The van der Waals surface area contributed by atoms with Crippen molar-refractivity contribution in [3.05, 3.63) is 45.9 Å². The molecule has 0 unspecified atom stereocenters. The quantitative estimate of drug-likeness (QED) is 0.905. The van der Waals surface area contributed by atoms with Crippen molar-refractivity contribution in [1.82, 2.24) is 4.98 Å². The Kier molecular flexibility index (Phi) is 3.39. The lowest BCUT2D eigenvalue weighted by molar-refractivity contribution is 0.0702. The summed E-state index contributed by atoms with van der Waals surface area (Å²) in [7, 11) is 0. The number of ether oxygens (including phenoxy) is 1. The van der Waals surface area contributed by atoms with E-state index in [-0.39, 0.29) is 4.88 Å². The number of rotatable bonds is 4. The average molecular weight is 249 g/mol. The van der Waals surface area contributed by atoms with Gasteiger partial charge in [0, 0.05) is 29.4 Å². The summed E-state index contributed by atoms with van der Waals surface area (Å²) < 4.78 is 5.48. The predicted molar refractivity (Wildman–Crippen MR) is 64.6 cm³/mol. The third kappa shape index (κ3) is 3.04. The van der Waals surface area contributed by atoms with Gasteiger partial charge < -0.3 is 9.84 Å². The molecule has 0 aromatic carbocycles. The molecule has 0 fully saturated rings. The number of carboxylic acids is 1. The normalized spacial score (nSPS) is 10.2. The van der Waals surface area contributed by atoms with Crippen molar-refractivity contribution in [1.29, 1.82) is 0 Å². The van der Waals surface area contributed by atoms with Gasteiger partial charge in [-0.3, -0.25) is 4.98 Å². The second-order valence-electron chi connectivity index (χ2n) is 3.61. The average Bonchev–Trinajstić information content (AvgIpc) is 2.75. The van der Waals surface area contributed by atoms with Crippen LogP contribution in [0.4, 0.5) is 0 Å². The van der Waals surface area contributed by atoms with Crippen molar-refractivity contribution in [2.75, 3.05) is 0 Å². The molecule has 2 rings (SSSR count). The zero-order valence-corrected chi connectivity index (χ0v) is 10.0. The third-order valence-electron chi connectivity index (χ3n) is 2.12. The second kappa shape index (κ2) is 4.97. The minimum Gasteiger partial charge on any atom is -0.488 e. The molecule has 0 atom stereocenters. The van der Waals surface area contributed by atoms with E-state index in [0.717, 1.165) is 22.5 Å². The lowest BCUT2D eigenvalue weighted by atomic mass is 10.2. The summed E-state index contributed by atoms with van der Waals surface area (Å²) in [6, 6.07) is 3.51. The predicted octanol–water partition coefficient (Wildman–Crippen LogP) is 2.73. The number of aryl methyl sites for hydroxylation is 1. The van der Waals surface area contributed by atoms with Crippen LogP contribution < -0.4 is 4.74 Å². The summed E-state index contributed by atoms with van der Waals surface area (Å²) in [5.74, 6) is -0.351. The summed E-state index contributed by atoms with van der Waals surface area (Å²) in [5, 5.41) is 10.5. The molecule has 0 spiro atoms. The molecule has 0 radical (unpaired) electrons. The molecular formula is C12H11NO3S. The number of thiophene rings is 1. The number of carboxylic acid groups (broad SMARTS) is 1. The molecule has 5 heteroatoms. The first-order valence-electron chi connectivity index (χ1n) is 5.00. The molecule has 2 aromatic heterocycles. The Morgan fingerprint density at radius 1 is 1.47 bits per heavy atom. The first-order chi connectivity index (χ1) is 8.15. The zero-order chi connectivity index (χ0) is 12.3. The number of pyridine rings is 1. The summed E-state index contributed by atoms with van der Waals surface area (Å²) in [5.41, 5.74) is 2.04. The van der Waals surface area contributed by atoms with Crippen LogP contribution in [0.1, 0.15) is 20.8 Å². The number of nitrogens with zero attached hydrogens (tertiary/aromatic N) is 1. The molecule has 4 nitrogen and oxygen atoms in total. The maximum absolute atomic E-state index is 10.7. The lowest BCUT2D eigenvalue weighted by Crippen LogP contribution is -1.96. The number of carbonyl (C=O) groups is 1. The fourth-order valence-electron chi connectivity index (χ4n) is 1.37. The molecule has 0 amide bonds. The highest BCUT2D eigenvalue weighted by atomic mass is 32.1. The second-order valence-corrected chi connectivity index (χ2v) is 4.52. The highest BCUT2D eigenvalue weighted by Crippen LogP contribution is 2.22. The number of hydrogen-bond acceptors (Lipinski definition) is 4. The maximum atomic E-state index is 10.7. The molecule has 0 aliphatic heterocycles. The molecule has 0 saturated heterocycles. The van der Waals surface area contributed by atoms with E-state index in [1.165, 1.54) is 6.07 Å². The fourth-order valence-corrected chi connectivity index (χ4v) is 2.03. The van der Waals surface area contributed by atoms with Crippen LogP contribution in [0, 0.1) is 6.92 Å². The Balaban J connectivity index is 2.00. The Morgan fingerprint density at radius 2 is 2.29 bits per heavy atom. The molecule has 0 aliphatic rings. The van der Waals surface area contributed by atoms with Gasteiger partial charge in [-0.1, -0.05) is 0 Å². The van der Waals surface area contributed by atoms with Gasteiger partial charge in [-0.15, -0.1) is 11.3 Å². The molecular weight excluding hydrogens is 238 g/mol. The smallest absolute Gasteiger partial charge is 0.346 e. The van der Waals surface area contributed by atoms with Crippen molar-refractivity contribution in [3.63, 3.8) is 0 Å². The third-order valence-corrected chi connectivity index (χ3v) is 3.02. The zero-order valence-electron chi connectivity index (χ0n) is 9.21. The number of aromatic nitrogens is 1. The van der Waals surface area contributed by atoms with Gasteiger partial charge in [-0.2, -0.15) is 0 Å². The molecule has 2 aromatic rings. The van der Waals surface area contributed by atoms with Crippen LogP contribution in [0.25, 0.3) is 0 Å². The highest BCUT2D eigenvalue weighted by molar-refractivity contribution is 7.12. The van der Waals surface area contributed by atoms with Gasteiger partial charge in [-0.05, 0) is 18.6 Å². The van der Waals surface area contributed by atoms with Gasteiger partial charge >= 0.3 is 5.97 Å². The molecule has 0 bridgehead atoms. The largest absolute Gasteiger partial charge is 0.488 e. The van der Waals surface area contributed by atoms with Crippen molar-refractivity contribution < 1.29 is 14.6 Å². The van der Waals surface area contributed by atoms with E-state index >= 15 is 0 Å². The molecule has 2 heterocycles. The van der Waals surface area contributed by atoms with Crippen LogP contribution in [0.2, 0.25) is 0 Å². The summed E-state index contributed by atoms with van der Waals surface area (Å²) in [6.07, 6.45) is 3.51. The van der Waals surface area contributed by atoms with Crippen LogP contribution >= 0.6 is 11.3 Å². The van der Waals surface area contributed by atoms with Gasteiger partial charge in [0.25, 0.3) is 0 Å². The van der Waals surface area contributed by atoms with E-state index in [9.17, 15) is 4.79 Å². The van der Waals surface area contributed by atoms with Crippen molar-refractivity contribution in [2.24, 2.45) is 0 Å². The molecule has 17 heavy (non-hydrogen) atoms. The van der Waals surface area contributed by atoms with Crippen LogP contribution in [-0.2, 0) is 6.61 Å². The first kappa shape index (κ1) is 11.6. The Morgan fingerprint density at radius 3 is 2.94 bits per heavy atom. The van der Waals surface area contributed by atoms with Gasteiger partial charge in [0.05, 0.1) is 0 Å². The van der Waals surface area contributed by atoms with Crippen LogP contribution in [-0.4, -0.2) is 16.1 Å². The van der Waals surface area contributed by atoms with Gasteiger partial charge in [-0.25, -0.2) is 4.79 Å². The van der Waals surface area contributed by atoms with E-state index in [2.05, 4.69) is 4.98 Å². The summed E-state index contributed by atoms with van der Waals surface area (Å²) in [6.45, 7) is 2.36. The molecule has 88 valence electrons.